The van der Waals surface area contributed by atoms with E-state index in [0.29, 0.717) is 0 Å². The fraction of sp³-hybridized carbons (Fsp3) is 0.176. The molecule has 3 rings (SSSR count). The Morgan fingerprint density at radius 3 is 2.62 bits per heavy atom. The van der Waals surface area contributed by atoms with Crippen LogP contribution in [0.25, 0.3) is 6.08 Å². The van der Waals surface area contributed by atoms with Gasteiger partial charge in [-0.25, -0.2) is 0 Å². The van der Waals surface area contributed by atoms with Crippen molar-refractivity contribution in [1.82, 2.24) is 9.88 Å². The lowest BCUT2D eigenvalue weighted by molar-refractivity contribution is -0.133. The molecule has 1 unspecified atom stereocenters. The minimum Gasteiger partial charge on any atom is -0.332 e. The lowest BCUT2D eigenvalue weighted by atomic mass is 9.94. The minimum atomic E-state index is -0.148. The summed E-state index contributed by atoms with van der Waals surface area (Å²) in [6.07, 6.45) is 5.88. The summed E-state index contributed by atoms with van der Waals surface area (Å²) in [6, 6.07) is 13.4. The average molecular weight is 280 g/mol. The van der Waals surface area contributed by atoms with Crippen molar-refractivity contribution in [2.45, 2.75) is 12.5 Å². The zero-order chi connectivity index (χ0) is 14.7. The van der Waals surface area contributed by atoms with Gasteiger partial charge in [0.2, 0.25) is 11.5 Å². The summed E-state index contributed by atoms with van der Waals surface area (Å²) in [7, 11) is 0. The highest BCUT2D eigenvalue weighted by Gasteiger charge is 2.31. The Bertz CT molecular complexity index is 699. The number of H-pyrrole nitrogens is 1. The van der Waals surface area contributed by atoms with Crippen LogP contribution in [-0.2, 0) is 4.79 Å². The van der Waals surface area contributed by atoms with E-state index < -0.39 is 0 Å². The van der Waals surface area contributed by atoms with E-state index in [-0.39, 0.29) is 17.5 Å². The fourth-order valence-electron chi connectivity index (χ4n) is 2.46. The van der Waals surface area contributed by atoms with Crippen LogP contribution in [0.15, 0.2) is 59.5 Å². The molecule has 0 radical (unpaired) electrons. The SMILES string of the molecule is O=C(/C=C/c1ccc(=O)[nH]c1)N1CCC1c1ccccc1. The summed E-state index contributed by atoms with van der Waals surface area (Å²) in [4.78, 5) is 27.6. The van der Waals surface area contributed by atoms with Gasteiger partial charge in [-0.2, -0.15) is 0 Å². The summed E-state index contributed by atoms with van der Waals surface area (Å²) >= 11 is 0. The van der Waals surface area contributed by atoms with Gasteiger partial charge in [0.15, 0.2) is 0 Å². The van der Waals surface area contributed by atoms with E-state index in [1.807, 2.05) is 23.1 Å². The van der Waals surface area contributed by atoms with Gasteiger partial charge < -0.3 is 9.88 Å². The molecule has 1 atom stereocenters. The topological polar surface area (TPSA) is 53.2 Å². The maximum Gasteiger partial charge on any atom is 0.247 e. The molecular formula is C17H16N2O2. The van der Waals surface area contributed by atoms with E-state index in [1.54, 1.807) is 24.4 Å². The standard InChI is InChI=1S/C17H16N2O2/c20-16-8-6-13(12-18-16)7-9-17(21)19-11-10-15(19)14-4-2-1-3-5-14/h1-9,12,15H,10-11H2,(H,18,20)/b9-7+. The van der Waals surface area contributed by atoms with Crippen LogP contribution >= 0.6 is 0 Å². The summed E-state index contributed by atoms with van der Waals surface area (Å²) in [6.45, 7) is 0.786. The molecule has 4 heteroatoms. The number of pyridine rings is 1. The van der Waals surface area contributed by atoms with Gasteiger partial charge in [0.05, 0.1) is 6.04 Å². The lowest BCUT2D eigenvalue weighted by Crippen LogP contribution is -2.44. The highest BCUT2D eigenvalue weighted by Crippen LogP contribution is 2.33. The smallest absolute Gasteiger partial charge is 0.247 e. The molecule has 0 spiro atoms. The van der Waals surface area contributed by atoms with Crippen molar-refractivity contribution in [2.24, 2.45) is 0 Å². The molecule has 4 nitrogen and oxygen atoms in total. The maximum atomic E-state index is 12.2. The van der Waals surface area contributed by atoms with Gasteiger partial charge in [-0.05, 0) is 29.7 Å². The van der Waals surface area contributed by atoms with E-state index in [2.05, 4.69) is 17.1 Å². The first kappa shape index (κ1) is 13.4. The molecule has 1 saturated heterocycles. The van der Waals surface area contributed by atoms with Crippen molar-refractivity contribution in [3.63, 3.8) is 0 Å². The van der Waals surface area contributed by atoms with Gasteiger partial charge in [0, 0.05) is 24.9 Å². The molecule has 106 valence electrons. The average Bonchev–Trinajstić information content (AvgIpc) is 2.47. The molecule has 21 heavy (non-hydrogen) atoms. The second kappa shape index (κ2) is 5.79. The van der Waals surface area contributed by atoms with Crippen molar-refractivity contribution in [1.29, 1.82) is 0 Å². The first-order valence-corrected chi connectivity index (χ1v) is 6.96. The minimum absolute atomic E-state index is 0.00121. The zero-order valence-corrected chi connectivity index (χ0v) is 11.5. The van der Waals surface area contributed by atoms with E-state index >= 15 is 0 Å². The van der Waals surface area contributed by atoms with Crippen molar-refractivity contribution < 1.29 is 4.79 Å². The largest absolute Gasteiger partial charge is 0.332 e. The Balaban J connectivity index is 1.68. The molecule has 1 aromatic heterocycles. The number of nitrogens with one attached hydrogen (secondary N) is 1. The van der Waals surface area contributed by atoms with Crippen LogP contribution in [0.1, 0.15) is 23.6 Å². The molecule has 1 N–H and O–H groups in total. The third-order valence-electron chi connectivity index (χ3n) is 3.71. The molecular weight excluding hydrogens is 264 g/mol. The first-order valence-electron chi connectivity index (χ1n) is 6.96. The molecule has 1 fully saturated rings. The molecule has 1 amide bonds. The highest BCUT2D eigenvalue weighted by atomic mass is 16.2. The Hall–Kier alpha value is -2.62. The van der Waals surface area contributed by atoms with Gasteiger partial charge in [0.25, 0.3) is 0 Å². The van der Waals surface area contributed by atoms with Crippen molar-refractivity contribution in [3.05, 3.63) is 76.2 Å². The molecule has 1 aliphatic rings. The van der Waals surface area contributed by atoms with Gasteiger partial charge in [-0.3, -0.25) is 9.59 Å². The van der Waals surface area contributed by atoms with Gasteiger partial charge >= 0.3 is 0 Å². The number of hydrogen-bond acceptors (Lipinski definition) is 2. The van der Waals surface area contributed by atoms with E-state index in [4.69, 9.17) is 0 Å². The van der Waals surface area contributed by atoms with Crippen LogP contribution in [-0.4, -0.2) is 22.3 Å². The van der Waals surface area contributed by atoms with E-state index in [1.165, 1.54) is 11.6 Å². The summed E-state index contributed by atoms with van der Waals surface area (Å²) in [5.74, 6) is 0.00121. The number of benzene rings is 1. The lowest BCUT2D eigenvalue weighted by Gasteiger charge is -2.40. The monoisotopic (exact) mass is 280 g/mol. The Morgan fingerprint density at radius 2 is 2.00 bits per heavy atom. The molecule has 1 aromatic carbocycles. The van der Waals surface area contributed by atoms with Crippen molar-refractivity contribution >= 4 is 12.0 Å². The Labute approximate surface area is 122 Å². The van der Waals surface area contributed by atoms with Crippen molar-refractivity contribution in [3.8, 4) is 0 Å². The number of hydrogen-bond donors (Lipinski definition) is 1. The number of aromatic amines is 1. The predicted octanol–water partition coefficient (Wildman–Crippen LogP) is 2.36. The second-order valence-electron chi connectivity index (χ2n) is 5.07. The third-order valence-corrected chi connectivity index (χ3v) is 3.71. The predicted molar refractivity (Wildman–Crippen MR) is 81.6 cm³/mol. The Kier molecular flexibility index (Phi) is 3.69. The first-order chi connectivity index (χ1) is 10.2. The molecule has 0 saturated carbocycles. The van der Waals surface area contributed by atoms with Gasteiger partial charge in [0.1, 0.15) is 0 Å². The quantitative estimate of drug-likeness (QED) is 0.877. The van der Waals surface area contributed by atoms with Crippen LogP contribution in [0.2, 0.25) is 0 Å². The molecule has 1 aliphatic heterocycles. The summed E-state index contributed by atoms with van der Waals surface area (Å²) < 4.78 is 0. The zero-order valence-electron chi connectivity index (χ0n) is 11.5. The maximum absolute atomic E-state index is 12.2. The normalized spacial score (nSPS) is 17.7. The van der Waals surface area contributed by atoms with Crippen LogP contribution in [0, 0.1) is 0 Å². The fourth-order valence-corrected chi connectivity index (χ4v) is 2.46. The molecule has 2 heterocycles. The van der Waals surface area contributed by atoms with Crippen molar-refractivity contribution in [2.75, 3.05) is 6.54 Å². The third kappa shape index (κ3) is 2.94. The van der Waals surface area contributed by atoms with E-state index in [9.17, 15) is 9.59 Å². The number of nitrogens with zero attached hydrogens (tertiary/aromatic N) is 1. The van der Waals surface area contributed by atoms with Gasteiger partial charge in [-0.1, -0.05) is 30.3 Å². The second-order valence-corrected chi connectivity index (χ2v) is 5.07. The van der Waals surface area contributed by atoms with Gasteiger partial charge in [-0.15, -0.1) is 0 Å². The van der Waals surface area contributed by atoms with Crippen LogP contribution < -0.4 is 5.56 Å². The summed E-state index contributed by atoms with van der Waals surface area (Å²) in [5.41, 5.74) is 1.83. The van der Waals surface area contributed by atoms with Crippen LogP contribution in [0.4, 0.5) is 0 Å². The number of carbonyl (C=O) groups is 1. The van der Waals surface area contributed by atoms with Crippen LogP contribution in [0.5, 0.6) is 0 Å². The number of amides is 1. The van der Waals surface area contributed by atoms with E-state index in [0.717, 1.165) is 18.5 Å². The highest BCUT2D eigenvalue weighted by molar-refractivity contribution is 5.92. The summed E-state index contributed by atoms with van der Waals surface area (Å²) in [5, 5.41) is 0. The number of rotatable bonds is 3. The number of likely N-dealkylation sites (tertiary alicyclic amines) is 1. The number of aromatic nitrogens is 1. The Morgan fingerprint density at radius 1 is 1.19 bits per heavy atom. The van der Waals surface area contributed by atoms with Crippen LogP contribution in [0.3, 0.4) is 0 Å². The molecule has 2 aromatic rings. The molecule has 0 aliphatic carbocycles. The number of carbonyl (C=O) groups excluding carboxylic acids is 1. The molecule has 0 bridgehead atoms.